The molecule has 0 spiro atoms. The molecule has 0 aromatic rings. The quantitative estimate of drug-likeness (QED) is 0.691. The van der Waals surface area contributed by atoms with Gasteiger partial charge in [0, 0.05) is 11.4 Å². The molecule has 5 heteroatoms. The number of hydrogen-bond donors (Lipinski definition) is 2. The van der Waals surface area contributed by atoms with Gasteiger partial charge in [-0.1, -0.05) is 0 Å². The minimum absolute atomic E-state index is 0.334. The van der Waals surface area contributed by atoms with E-state index in [1.54, 1.807) is 0 Å². The number of carbonyl (C=O) groups excluding carboxylic acids is 1. The molecule has 2 saturated carbocycles. The van der Waals surface area contributed by atoms with Gasteiger partial charge in [-0.2, -0.15) is 10.2 Å². The van der Waals surface area contributed by atoms with Crippen molar-refractivity contribution in [3.63, 3.8) is 0 Å². The molecule has 0 unspecified atom stereocenters. The van der Waals surface area contributed by atoms with Crippen LogP contribution in [0.3, 0.4) is 0 Å². The summed E-state index contributed by atoms with van der Waals surface area (Å²) in [6.07, 6.45) is 8.77. The maximum atomic E-state index is 11.3. The second-order valence-electron chi connectivity index (χ2n) is 4.32. The van der Waals surface area contributed by atoms with E-state index in [9.17, 15) is 4.79 Å². The number of urea groups is 1. The molecule has 5 nitrogen and oxygen atoms in total. The smallest absolute Gasteiger partial charge is 0.245 e. The van der Waals surface area contributed by atoms with Crippen molar-refractivity contribution in [1.29, 1.82) is 0 Å². The van der Waals surface area contributed by atoms with Crippen molar-refractivity contribution in [3.05, 3.63) is 0 Å². The first-order valence-corrected chi connectivity index (χ1v) is 6.01. The molecule has 0 saturated heterocycles. The van der Waals surface area contributed by atoms with Crippen molar-refractivity contribution >= 4 is 17.5 Å². The van der Waals surface area contributed by atoms with Crippen molar-refractivity contribution < 1.29 is 4.79 Å². The van der Waals surface area contributed by atoms with Crippen LogP contribution in [0.2, 0.25) is 0 Å². The predicted molar refractivity (Wildman–Crippen MR) is 63.5 cm³/mol. The van der Waals surface area contributed by atoms with Crippen LogP contribution < -0.4 is 10.9 Å². The standard InChI is InChI=1S/C11H18N4O/c16-11(14-12-9-5-1-2-6-9)15-13-10-7-3-4-8-10/h1-8H2,(H2,14,15,16). The summed E-state index contributed by atoms with van der Waals surface area (Å²) in [6.45, 7) is 0. The van der Waals surface area contributed by atoms with Crippen molar-refractivity contribution in [2.24, 2.45) is 10.2 Å². The average molecular weight is 222 g/mol. The SMILES string of the molecule is O=C(NN=C1CCCC1)NN=C1CCCC1. The van der Waals surface area contributed by atoms with Crippen LogP contribution in [0.25, 0.3) is 0 Å². The maximum absolute atomic E-state index is 11.3. The normalized spacial score (nSPS) is 19.8. The lowest BCUT2D eigenvalue weighted by Gasteiger charge is -2.00. The highest BCUT2D eigenvalue weighted by Gasteiger charge is 2.10. The number of amides is 2. The highest BCUT2D eigenvalue weighted by molar-refractivity contribution is 5.89. The maximum Gasteiger partial charge on any atom is 0.355 e. The summed E-state index contributed by atoms with van der Waals surface area (Å²) in [5, 5.41) is 8.11. The molecule has 2 aliphatic carbocycles. The Bertz CT molecular complexity index is 276. The molecule has 0 aromatic carbocycles. The van der Waals surface area contributed by atoms with E-state index >= 15 is 0 Å². The fourth-order valence-electron chi connectivity index (χ4n) is 2.07. The van der Waals surface area contributed by atoms with E-state index in [1.807, 2.05) is 0 Å². The Kier molecular flexibility index (Phi) is 3.91. The lowest BCUT2D eigenvalue weighted by molar-refractivity contribution is 0.241. The minimum atomic E-state index is -0.334. The van der Waals surface area contributed by atoms with Crippen molar-refractivity contribution in [3.8, 4) is 0 Å². The van der Waals surface area contributed by atoms with Crippen LogP contribution in [0, 0.1) is 0 Å². The molecule has 88 valence electrons. The summed E-state index contributed by atoms with van der Waals surface area (Å²) in [6, 6.07) is -0.334. The fraction of sp³-hybridized carbons (Fsp3) is 0.727. The van der Waals surface area contributed by atoms with Gasteiger partial charge in [0.1, 0.15) is 0 Å². The molecule has 2 rings (SSSR count). The molecule has 0 bridgehead atoms. The molecule has 0 aliphatic heterocycles. The van der Waals surface area contributed by atoms with Gasteiger partial charge >= 0.3 is 6.03 Å². The van der Waals surface area contributed by atoms with E-state index in [-0.39, 0.29) is 6.03 Å². The van der Waals surface area contributed by atoms with Crippen LogP contribution >= 0.6 is 0 Å². The third-order valence-electron chi connectivity index (χ3n) is 2.99. The Balaban J connectivity index is 1.71. The largest absolute Gasteiger partial charge is 0.355 e. The number of hydrazone groups is 2. The van der Waals surface area contributed by atoms with Crippen LogP contribution in [-0.4, -0.2) is 17.5 Å². The molecule has 16 heavy (non-hydrogen) atoms. The number of nitrogens with one attached hydrogen (secondary N) is 2. The second kappa shape index (κ2) is 5.63. The Morgan fingerprint density at radius 1 is 0.812 bits per heavy atom. The van der Waals surface area contributed by atoms with Crippen molar-refractivity contribution in [1.82, 2.24) is 10.9 Å². The summed E-state index contributed by atoms with van der Waals surface area (Å²) < 4.78 is 0. The molecule has 2 fully saturated rings. The Morgan fingerprint density at radius 3 is 1.56 bits per heavy atom. The average Bonchev–Trinajstić information content (AvgIpc) is 2.96. The zero-order valence-corrected chi connectivity index (χ0v) is 9.46. The number of nitrogens with zero attached hydrogens (tertiary/aromatic N) is 2. The summed E-state index contributed by atoms with van der Waals surface area (Å²) in [5.74, 6) is 0. The van der Waals surface area contributed by atoms with Gasteiger partial charge in [0.25, 0.3) is 0 Å². The Morgan fingerprint density at radius 2 is 1.19 bits per heavy atom. The predicted octanol–water partition coefficient (Wildman–Crippen LogP) is 2.15. The van der Waals surface area contributed by atoms with E-state index in [2.05, 4.69) is 21.1 Å². The molecular formula is C11H18N4O. The Hall–Kier alpha value is -1.39. The minimum Gasteiger partial charge on any atom is -0.245 e. The first-order chi connectivity index (χ1) is 7.84. The molecule has 2 amide bonds. The van der Waals surface area contributed by atoms with Crippen LogP contribution in [0.4, 0.5) is 4.79 Å². The third-order valence-corrected chi connectivity index (χ3v) is 2.99. The lowest BCUT2D eigenvalue weighted by Crippen LogP contribution is -2.29. The zero-order valence-electron chi connectivity index (χ0n) is 9.46. The lowest BCUT2D eigenvalue weighted by atomic mass is 10.3. The number of hydrogen-bond acceptors (Lipinski definition) is 3. The summed E-state index contributed by atoms with van der Waals surface area (Å²) >= 11 is 0. The highest BCUT2D eigenvalue weighted by atomic mass is 16.2. The van der Waals surface area contributed by atoms with Gasteiger partial charge in [-0.15, -0.1) is 0 Å². The van der Waals surface area contributed by atoms with Crippen molar-refractivity contribution in [2.45, 2.75) is 51.4 Å². The van der Waals surface area contributed by atoms with Gasteiger partial charge in [-0.3, -0.25) is 0 Å². The van der Waals surface area contributed by atoms with E-state index in [4.69, 9.17) is 0 Å². The van der Waals surface area contributed by atoms with Crippen LogP contribution in [0.15, 0.2) is 10.2 Å². The number of carbonyl (C=O) groups is 1. The molecule has 2 N–H and O–H groups in total. The van der Waals surface area contributed by atoms with Crippen LogP contribution in [-0.2, 0) is 0 Å². The van der Waals surface area contributed by atoms with E-state index in [1.165, 1.54) is 25.7 Å². The van der Waals surface area contributed by atoms with Gasteiger partial charge in [0.05, 0.1) is 0 Å². The van der Waals surface area contributed by atoms with Crippen LogP contribution in [0.5, 0.6) is 0 Å². The molecule has 0 atom stereocenters. The monoisotopic (exact) mass is 222 g/mol. The highest BCUT2D eigenvalue weighted by Crippen LogP contribution is 2.14. The molecule has 0 radical (unpaired) electrons. The molecular weight excluding hydrogens is 204 g/mol. The third kappa shape index (κ3) is 3.32. The van der Waals surface area contributed by atoms with E-state index in [0.29, 0.717) is 0 Å². The van der Waals surface area contributed by atoms with Crippen LogP contribution in [0.1, 0.15) is 51.4 Å². The van der Waals surface area contributed by atoms with Gasteiger partial charge in [0.15, 0.2) is 0 Å². The molecule has 2 aliphatic rings. The second-order valence-corrected chi connectivity index (χ2v) is 4.32. The summed E-state index contributed by atoms with van der Waals surface area (Å²) in [4.78, 5) is 11.3. The zero-order chi connectivity index (χ0) is 11.2. The van der Waals surface area contributed by atoms with Crippen molar-refractivity contribution in [2.75, 3.05) is 0 Å². The first-order valence-electron chi connectivity index (χ1n) is 6.01. The van der Waals surface area contributed by atoms with E-state index in [0.717, 1.165) is 37.1 Å². The molecule has 0 aromatic heterocycles. The number of rotatable bonds is 2. The summed E-state index contributed by atoms with van der Waals surface area (Å²) in [7, 11) is 0. The van der Waals surface area contributed by atoms with E-state index < -0.39 is 0 Å². The molecule has 0 heterocycles. The fourth-order valence-corrected chi connectivity index (χ4v) is 2.07. The first kappa shape index (κ1) is 11.1. The Labute approximate surface area is 95.4 Å². The van der Waals surface area contributed by atoms with Gasteiger partial charge < -0.3 is 0 Å². The topological polar surface area (TPSA) is 65.8 Å². The van der Waals surface area contributed by atoms with Gasteiger partial charge in [-0.05, 0) is 51.4 Å². The van der Waals surface area contributed by atoms with Gasteiger partial charge in [-0.25, -0.2) is 15.6 Å². The summed E-state index contributed by atoms with van der Waals surface area (Å²) in [5.41, 5.74) is 7.13. The van der Waals surface area contributed by atoms with Gasteiger partial charge in [0.2, 0.25) is 0 Å².